The molecule has 4 rings (SSSR count). The number of rotatable bonds is 6. The van der Waals surface area contributed by atoms with Crippen molar-refractivity contribution in [2.24, 2.45) is 0 Å². The molecule has 0 aliphatic heterocycles. The van der Waals surface area contributed by atoms with Crippen LogP contribution in [0.5, 0.6) is 0 Å². The van der Waals surface area contributed by atoms with E-state index in [1.54, 1.807) is 23.0 Å². The number of nitriles is 1. The summed E-state index contributed by atoms with van der Waals surface area (Å²) < 4.78 is 15.7. The standard InChI is InChI=1S/C22H22ClFN6O/c1-13(26-22(31)10-21-15-4-2-3-5-20(15)27-28-21)12-30-7-6-19(29-30)14-8-17(23)16(11-25)18(24)9-14/h6-9,13H,2-5,10,12H2,1H3,(H,26,31)(H,27,28)/t13-/m0/s1. The largest absolute Gasteiger partial charge is 0.351 e. The third kappa shape index (κ3) is 4.62. The van der Waals surface area contributed by atoms with E-state index in [1.165, 1.54) is 17.7 Å². The van der Waals surface area contributed by atoms with Crippen molar-refractivity contribution in [1.29, 1.82) is 5.26 Å². The van der Waals surface area contributed by atoms with Gasteiger partial charge in [0.1, 0.15) is 17.4 Å². The Bertz CT molecular complexity index is 1140. The van der Waals surface area contributed by atoms with Crippen molar-refractivity contribution >= 4 is 17.5 Å². The number of amides is 1. The van der Waals surface area contributed by atoms with Crippen LogP contribution in [0.25, 0.3) is 11.3 Å². The Hall–Kier alpha value is -3.18. The van der Waals surface area contributed by atoms with E-state index < -0.39 is 5.82 Å². The number of fused-ring (bicyclic) bond motifs is 1. The molecule has 1 amide bonds. The summed E-state index contributed by atoms with van der Waals surface area (Å²) in [6, 6.07) is 6.09. The molecule has 1 aliphatic carbocycles. The number of aromatic nitrogens is 4. The van der Waals surface area contributed by atoms with Gasteiger partial charge in [-0.25, -0.2) is 4.39 Å². The lowest BCUT2D eigenvalue weighted by molar-refractivity contribution is -0.121. The van der Waals surface area contributed by atoms with Crippen LogP contribution in [0.4, 0.5) is 4.39 Å². The van der Waals surface area contributed by atoms with Crippen LogP contribution in [0.2, 0.25) is 5.02 Å². The quantitative estimate of drug-likeness (QED) is 0.612. The molecule has 3 aromatic rings. The average molecular weight is 441 g/mol. The molecule has 9 heteroatoms. The Morgan fingerprint density at radius 3 is 3.00 bits per heavy atom. The SMILES string of the molecule is C[C@@H](Cn1ccc(-c2cc(F)c(C#N)c(Cl)c2)n1)NC(=O)Cc1n[nH]c2c1CCCC2. The molecule has 7 nitrogen and oxygen atoms in total. The monoisotopic (exact) mass is 440 g/mol. The summed E-state index contributed by atoms with van der Waals surface area (Å²) in [6.07, 6.45) is 6.27. The van der Waals surface area contributed by atoms with Crippen LogP contribution in [0.15, 0.2) is 24.4 Å². The van der Waals surface area contributed by atoms with Gasteiger partial charge in [0, 0.05) is 23.5 Å². The zero-order chi connectivity index (χ0) is 22.0. The number of carbonyl (C=O) groups excluding carboxylic acids is 1. The number of halogens is 2. The number of aryl methyl sites for hydroxylation is 1. The molecule has 1 atom stereocenters. The zero-order valence-corrected chi connectivity index (χ0v) is 17.8. The summed E-state index contributed by atoms with van der Waals surface area (Å²) in [5, 5.41) is 23.8. The van der Waals surface area contributed by atoms with E-state index in [9.17, 15) is 9.18 Å². The maximum absolute atomic E-state index is 14.0. The molecule has 0 fully saturated rings. The highest BCUT2D eigenvalue weighted by Gasteiger charge is 2.19. The lowest BCUT2D eigenvalue weighted by atomic mass is 9.95. The van der Waals surface area contributed by atoms with Crippen LogP contribution in [0, 0.1) is 17.1 Å². The maximum Gasteiger partial charge on any atom is 0.226 e. The first-order chi connectivity index (χ1) is 14.9. The summed E-state index contributed by atoms with van der Waals surface area (Å²) in [5.74, 6) is -0.763. The number of benzene rings is 1. The van der Waals surface area contributed by atoms with Gasteiger partial charge in [-0.1, -0.05) is 11.6 Å². The molecule has 0 spiro atoms. The van der Waals surface area contributed by atoms with Crippen molar-refractivity contribution < 1.29 is 9.18 Å². The summed E-state index contributed by atoms with van der Waals surface area (Å²) in [6.45, 7) is 2.36. The van der Waals surface area contributed by atoms with Gasteiger partial charge < -0.3 is 5.32 Å². The molecule has 0 saturated heterocycles. The smallest absolute Gasteiger partial charge is 0.226 e. The minimum absolute atomic E-state index is 0.0493. The Balaban J connectivity index is 1.37. The molecule has 0 radical (unpaired) electrons. The highest BCUT2D eigenvalue weighted by molar-refractivity contribution is 6.32. The average Bonchev–Trinajstić information content (AvgIpc) is 3.35. The first kappa shape index (κ1) is 21.1. The number of H-pyrrole nitrogens is 1. The Kier molecular flexibility index (Phi) is 6.05. The van der Waals surface area contributed by atoms with Crippen LogP contribution in [0.3, 0.4) is 0 Å². The van der Waals surface area contributed by atoms with Gasteiger partial charge in [0.15, 0.2) is 0 Å². The van der Waals surface area contributed by atoms with E-state index in [4.69, 9.17) is 16.9 Å². The van der Waals surface area contributed by atoms with Crippen LogP contribution < -0.4 is 5.32 Å². The molecule has 2 N–H and O–H groups in total. The van der Waals surface area contributed by atoms with E-state index in [0.29, 0.717) is 17.8 Å². The molecular formula is C22H22ClFN6O. The number of aromatic amines is 1. The van der Waals surface area contributed by atoms with E-state index in [2.05, 4.69) is 20.6 Å². The second-order valence-corrected chi connectivity index (χ2v) is 8.24. The molecule has 31 heavy (non-hydrogen) atoms. The fraction of sp³-hybridized carbons (Fsp3) is 0.364. The van der Waals surface area contributed by atoms with Gasteiger partial charge in [-0.3, -0.25) is 14.6 Å². The van der Waals surface area contributed by atoms with E-state index in [1.807, 2.05) is 6.92 Å². The van der Waals surface area contributed by atoms with Crippen LogP contribution >= 0.6 is 11.6 Å². The van der Waals surface area contributed by atoms with Gasteiger partial charge in [-0.2, -0.15) is 15.5 Å². The first-order valence-electron chi connectivity index (χ1n) is 10.2. The van der Waals surface area contributed by atoms with Gasteiger partial charge in [0.05, 0.1) is 29.4 Å². The van der Waals surface area contributed by atoms with Gasteiger partial charge >= 0.3 is 0 Å². The molecule has 1 aromatic carbocycles. The number of nitrogens with zero attached hydrogens (tertiary/aromatic N) is 4. The predicted molar refractivity (Wildman–Crippen MR) is 114 cm³/mol. The van der Waals surface area contributed by atoms with Gasteiger partial charge in [0.25, 0.3) is 0 Å². The number of carbonyl (C=O) groups is 1. The van der Waals surface area contributed by atoms with Crippen LogP contribution in [0.1, 0.15) is 42.3 Å². The summed E-state index contributed by atoms with van der Waals surface area (Å²) in [5.41, 5.74) is 4.02. The second-order valence-electron chi connectivity index (χ2n) is 7.83. The molecular weight excluding hydrogens is 419 g/mol. The predicted octanol–water partition coefficient (Wildman–Crippen LogP) is 3.56. The van der Waals surface area contributed by atoms with Gasteiger partial charge in [-0.15, -0.1) is 0 Å². The zero-order valence-electron chi connectivity index (χ0n) is 17.1. The van der Waals surface area contributed by atoms with Crippen molar-refractivity contribution in [1.82, 2.24) is 25.3 Å². The van der Waals surface area contributed by atoms with E-state index in [-0.39, 0.29) is 29.0 Å². The van der Waals surface area contributed by atoms with Crippen molar-refractivity contribution in [3.8, 4) is 17.3 Å². The highest BCUT2D eigenvalue weighted by atomic mass is 35.5. The minimum Gasteiger partial charge on any atom is -0.351 e. The summed E-state index contributed by atoms with van der Waals surface area (Å²) in [7, 11) is 0. The molecule has 2 heterocycles. The Morgan fingerprint density at radius 2 is 2.23 bits per heavy atom. The second kappa shape index (κ2) is 8.90. The number of nitrogens with one attached hydrogen (secondary N) is 2. The van der Waals surface area contributed by atoms with Crippen molar-refractivity contribution in [2.45, 2.75) is 51.6 Å². The van der Waals surface area contributed by atoms with Crippen molar-refractivity contribution in [3.05, 3.63) is 57.8 Å². The lowest BCUT2D eigenvalue weighted by Crippen LogP contribution is -2.37. The molecule has 0 bridgehead atoms. The van der Waals surface area contributed by atoms with Crippen molar-refractivity contribution in [3.63, 3.8) is 0 Å². The fourth-order valence-electron chi connectivity index (χ4n) is 3.95. The number of hydrogen-bond acceptors (Lipinski definition) is 4. The number of hydrogen-bond donors (Lipinski definition) is 2. The summed E-state index contributed by atoms with van der Waals surface area (Å²) >= 11 is 5.98. The van der Waals surface area contributed by atoms with Gasteiger partial charge in [0.2, 0.25) is 5.91 Å². The topological polar surface area (TPSA) is 99.4 Å². The highest BCUT2D eigenvalue weighted by Crippen LogP contribution is 2.27. The maximum atomic E-state index is 14.0. The van der Waals surface area contributed by atoms with E-state index >= 15 is 0 Å². The molecule has 1 aliphatic rings. The normalized spacial score (nSPS) is 14.0. The van der Waals surface area contributed by atoms with Crippen LogP contribution in [-0.4, -0.2) is 31.9 Å². The lowest BCUT2D eigenvalue weighted by Gasteiger charge is -2.15. The molecule has 0 saturated carbocycles. The fourth-order valence-corrected chi connectivity index (χ4v) is 4.20. The summed E-state index contributed by atoms with van der Waals surface area (Å²) in [4.78, 5) is 12.5. The van der Waals surface area contributed by atoms with Gasteiger partial charge in [-0.05, 0) is 56.4 Å². The Morgan fingerprint density at radius 1 is 1.42 bits per heavy atom. The Labute approximate surface area is 184 Å². The third-order valence-electron chi connectivity index (χ3n) is 5.43. The third-order valence-corrected chi connectivity index (χ3v) is 5.73. The molecule has 160 valence electrons. The first-order valence-corrected chi connectivity index (χ1v) is 10.6. The van der Waals surface area contributed by atoms with E-state index in [0.717, 1.165) is 37.1 Å². The van der Waals surface area contributed by atoms with Crippen LogP contribution in [-0.2, 0) is 30.6 Å². The molecule has 2 aromatic heterocycles. The molecule has 0 unspecified atom stereocenters. The minimum atomic E-state index is -0.680. The van der Waals surface area contributed by atoms with Crippen molar-refractivity contribution in [2.75, 3.05) is 0 Å².